The molecule has 4 aromatic rings. The lowest BCUT2D eigenvalue weighted by atomic mass is 10.0. The van der Waals surface area contributed by atoms with E-state index in [-0.39, 0.29) is 31.6 Å². The van der Waals surface area contributed by atoms with Gasteiger partial charge in [-0.25, -0.2) is 13.8 Å². The lowest BCUT2D eigenvalue weighted by Gasteiger charge is -2.15. The summed E-state index contributed by atoms with van der Waals surface area (Å²) in [5.41, 5.74) is 2.59. The Hall–Kier alpha value is -3.99. The molecule has 4 heterocycles. The SMILES string of the molecule is C=O.CNCCC(F)(F)CCc1cnc2c(ccn2-c2cncc(NC(=O)c3ccno3)c2)c1. The molecule has 11 heteroatoms. The molecule has 0 spiro atoms. The third kappa shape index (κ3) is 6.07. The van der Waals surface area contributed by atoms with E-state index in [1.165, 1.54) is 18.5 Å². The van der Waals surface area contributed by atoms with Crippen molar-refractivity contribution in [3.05, 3.63) is 66.6 Å². The van der Waals surface area contributed by atoms with Gasteiger partial charge in [-0.1, -0.05) is 5.16 Å². The fraction of sp³-hybridized carbons (Fsp3) is 0.261. The molecule has 0 unspecified atom stereocenters. The van der Waals surface area contributed by atoms with Crippen LogP contribution in [0, 0.1) is 0 Å². The Kier molecular flexibility index (Phi) is 8.14. The number of alkyl halides is 2. The maximum absolute atomic E-state index is 13.9. The summed E-state index contributed by atoms with van der Waals surface area (Å²) in [5.74, 6) is -3.06. The second-order valence-electron chi connectivity index (χ2n) is 7.41. The number of aryl methyl sites for hydroxylation is 1. The van der Waals surface area contributed by atoms with Crippen molar-refractivity contribution in [2.75, 3.05) is 18.9 Å². The van der Waals surface area contributed by atoms with Crippen LogP contribution in [0.2, 0.25) is 0 Å². The Morgan fingerprint density at radius 3 is 2.74 bits per heavy atom. The molecule has 0 aliphatic heterocycles. The second kappa shape index (κ2) is 11.2. The fourth-order valence-electron chi connectivity index (χ4n) is 3.33. The zero-order valence-electron chi connectivity index (χ0n) is 18.5. The third-order valence-electron chi connectivity index (χ3n) is 5.02. The average molecular weight is 470 g/mol. The summed E-state index contributed by atoms with van der Waals surface area (Å²) >= 11 is 0. The molecule has 0 atom stereocenters. The number of pyridine rings is 2. The van der Waals surface area contributed by atoms with Gasteiger partial charge in [-0.2, -0.15) is 0 Å². The van der Waals surface area contributed by atoms with Crippen molar-refractivity contribution in [2.45, 2.75) is 25.2 Å². The molecule has 0 aromatic carbocycles. The summed E-state index contributed by atoms with van der Waals surface area (Å²) in [6, 6.07) is 6.95. The van der Waals surface area contributed by atoms with E-state index in [0.29, 0.717) is 17.0 Å². The third-order valence-corrected chi connectivity index (χ3v) is 5.02. The van der Waals surface area contributed by atoms with Gasteiger partial charge >= 0.3 is 0 Å². The second-order valence-corrected chi connectivity index (χ2v) is 7.41. The van der Waals surface area contributed by atoms with Crippen LogP contribution in [0.5, 0.6) is 0 Å². The lowest BCUT2D eigenvalue weighted by Crippen LogP contribution is -2.23. The summed E-state index contributed by atoms with van der Waals surface area (Å²) in [5, 5.41) is 9.81. The van der Waals surface area contributed by atoms with E-state index in [4.69, 9.17) is 9.32 Å². The molecule has 0 saturated heterocycles. The smallest absolute Gasteiger partial charge is 0.294 e. The normalized spacial score (nSPS) is 11.1. The molecular formula is C23H24F2N6O3. The quantitative estimate of drug-likeness (QED) is 0.384. The molecule has 0 radical (unpaired) electrons. The number of nitrogens with one attached hydrogen (secondary N) is 2. The van der Waals surface area contributed by atoms with Crippen LogP contribution in [0.25, 0.3) is 16.7 Å². The molecule has 0 saturated carbocycles. The van der Waals surface area contributed by atoms with Gasteiger partial charge in [0.15, 0.2) is 0 Å². The van der Waals surface area contributed by atoms with Crippen molar-refractivity contribution in [3.8, 4) is 5.69 Å². The van der Waals surface area contributed by atoms with Crippen LogP contribution in [0.3, 0.4) is 0 Å². The van der Waals surface area contributed by atoms with Crippen LogP contribution in [-0.4, -0.2) is 51.9 Å². The highest BCUT2D eigenvalue weighted by Gasteiger charge is 2.27. The first kappa shape index (κ1) is 24.6. The number of anilines is 1. The largest absolute Gasteiger partial charge is 0.351 e. The van der Waals surface area contributed by atoms with E-state index >= 15 is 0 Å². The maximum Gasteiger partial charge on any atom is 0.294 e. The molecule has 0 aliphatic rings. The van der Waals surface area contributed by atoms with Gasteiger partial charge in [-0.15, -0.1) is 0 Å². The molecule has 0 fully saturated rings. The van der Waals surface area contributed by atoms with Crippen LogP contribution in [0.4, 0.5) is 14.5 Å². The topological polar surface area (TPSA) is 115 Å². The van der Waals surface area contributed by atoms with Crippen LogP contribution in [0.1, 0.15) is 29.0 Å². The molecule has 1 amide bonds. The van der Waals surface area contributed by atoms with E-state index in [1.807, 2.05) is 29.7 Å². The summed E-state index contributed by atoms with van der Waals surface area (Å²) in [7, 11) is 1.66. The number of halogens is 2. The number of rotatable bonds is 9. The Balaban J connectivity index is 0.00000158. The minimum Gasteiger partial charge on any atom is -0.351 e. The predicted octanol–water partition coefficient (Wildman–Crippen LogP) is 3.65. The monoisotopic (exact) mass is 470 g/mol. The van der Waals surface area contributed by atoms with Gasteiger partial charge in [0, 0.05) is 43.2 Å². The van der Waals surface area contributed by atoms with Crippen molar-refractivity contribution in [1.82, 2.24) is 25.0 Å². The van der Waals surface area contributed by atoms with Crippen molar-refractivity contribution < 1.29 is 22.9 Å². The lowest BCUT2D eigenvalue weighted by molar-refractivity contribution is -0.0980. The van der Waals surface area contributed by atoms with Crippen LogP contribution in [-0.2, 0) is 11.2 Å². The zero-order chi connectivity index (χ0) is 24.6. The van der Waals surface area contributed by atoms with E-state index in [9.17, 15) is 13.6 Å². The van der Waals surface area contributed by atoms with Gasteiger partial charge in [0.1, 0.15) is 12.4 Å². The number of hydrogen-bond donors (Lipinski definition) is 2. The molecule has 4 rings (SSSR count). The highest BCUT2D eigenvalue weighted by atomic mass is 19.3. The molecule has 9 nitrogen and oxygen atoms in total. The van der Waals surface area contributed by atoms with Crippen molar-refractivity contribution in [2.24, 2.45) is 0 Å². The van der Waals surface area contributed by atoms with Gasteiger partial charge in [0.25, 0.3) is 5.91 Å². The summed E-state index contributed by atoms with van der Waals surface area (Å²) in [4.78, 5) is 28.8. The van der Waals surface area contributed by atoms with Crippen LogP contribution >= 0.6 is 0 Å². The first-order chi connectivity index (χ1) is 16.4. The maximum atomic E-state index is 13.9. The van der Waals surface area contributed by atoms with Gasteiger partial charge in [0.05, 0.1) is 30.0 Å². The Morgan fingerprint density at radius 1 is 1.18 bits per heavy atom. The molecule has 34 heavy (non-hydrogen) atoms. The number of nitrogens with zero attached hydrogens (tertiary/aromatic N) is 4. The Labute approximate surface area is 194 Å². The van der Waals surface area contributed by atoms with Crippen molar-refractivity contribution in [1.29, 1.82) is 0 Å². The van der Waals surface area contributed by atoms with Crippen LogP contribution in [0.15, 0.2) is 59.8 Å². The molecule has 0 bridgehead atoms. The van der Waals surface area contributed by atoms with Gasteiger partial charge in [-0.3, -0.25) is 14.3 Å². The van der Waals surface area contributed by atoms with Crippen molar-refractivity contribution in [3.63, 3.8) is 0 Å². The van der Waals surface area contributed by atoms with Crippen LogP contribution < -0.4 is 10.6 Å². The van der Waals surface area contributed by atoms with Crippen molar-refractivity contribution >= 4 is 29.4 Å². The fourth-order valence-corrected chi connectivity index (χ4v) is 3.33. The predicted molar refractivity (Wildman–Crippen MR) is 122 cm³/mol. The highest BCUT2D eigenvalue weighted by Crippen LogP contribution is 2.26. The average Bonchev–Trinajstić information content (AvgIpc) is 3.53. The molecule has 4 aromatic heterocycles. The number of fused-ring (bicyclic) bond motifs is 1. The number of aromatic nitrogens is 4. The summed E-state index contributed by atoms with van der Waals surface area (Å²) in [6.45, 7) is 2.28. The van der Waals surface area contributed by atoms with Gasteiger partial charge < -0.3 is 20.0 Å². The highest BCUT2D eigenvalue weighted by molar-refractivity contribution is 6.02. The molecule has 178 valence electrons. The van der Waals surface area contributed by atoms with E-state index < -0.39 is 11.8 Å². The minimum atomic E-state index is -2.72. The molecule has 2 N–H and O–H groups in total. The molecular weight excluding hydrogens is 446 g/mol. The number of amides is 1. The summed E-state index contributed by atoms with van der Waals surface area (Å²) < 4.78 is 34.6. The summed E-state index contributed by atoms with van der Waals surface area (Å²) in [6.07, 6.45) is 7.82. The number of carbonyl (C=O) groups is 2. The van der Waals surface area contributed by atoms with E-state index in [0.717, 1.165) is 10.9 Å². The van der Waals surface area contributed by atoms with E-state index in [1.54, 1.807) is 25.5 Å². The standard InChI is InChI=1S/C22H22F2N6O2.CH2O/c1-25-8-6-22(23,24)5-2-15-10-16-4-9-30(20(16)27-12-15)18-11-17(13-26-14-18)29-21(31)19-3-7-28-32-19;1-2/h3-4,7,9-14,25H,2,5-6,8H2,1H3,(H,29,31);1H2. The zero-order valence-corrected chi connectivity index (χ0v) is 18.5. The Morgan fingerprint density at radius 2 is 2.00 bits per heavy atom. The number of carbonyl (C=O) groups excluding carboxylic acids is 2. The van der Waals surface area contributed by atoms with E-state index in [2.05, 4.69) is 25.8 Å². The first-order valence-corrected chi connectivity index (χ1v) is 10.4. The first-order valence-electron chi connectivity index (χ1n) is 10.4. The molecule has 0 aliphatic carbocycles. The minimum absolute atomic E-state index is 0.0903. The Bertz CT molecular complexity index is 1230. The van der Waals surface area contributed by atoms with Gasteiger partial charge in [-0.05, 0) is 37.2 Å². The van der Waals surface area contributed by atoms with Gasteiger partial charge in [0.2, 0.25) is 11.7 Å². The number of hydrogen-bond acceptors (Lipinski definition) is 7.